The first-order valence-electron chi connectivity index (χ1n) is 9.77. The first-order valence-corrected chi connectivity index (χ1v) is 11.2. The van der Waals surface area contributed by atoms with E-state index in [1.165, 1.54) is 0 Å². The molecule has 0 radical (unpaired) electrons. The molecular weight excluding hydrogens is 501 g/mol. The van der Waals surface area contributed by atoms with Gasteiger partial charge in [-0.2, -0.15) is 21.6 Å². The number of alkyl halides is 3. The summed E-state index contributed by atoms with van der Waals surface area (Å²) in [5.41, 5.74) is -12.1. The van der Waals surface area contributed by atoms with Crippen LogP contribution in [0, 0.1) is 0 Å². The molecule has 4 rings (SSSR count). The van der Waals surface area contributed by atoms with Crippen molar-refractivity contribution >= 4 is 27.5 Å². The van der Waals surface area contributed by atoms with Crippen LogP contribution in [0.15, 0.2) is 18.2 Å². The Hall–Kier alpha value is -3.49. The van der Waals surface area contributed by atoms with E-state index in [0.29, 0.717) is 6.07 Å². The summed E-state index contributed by atoms with van der Waals surface area (Å²) in [6.07, 6.45) is -3.04. The first-order chi connectivity index (χ1) is 16.0. The molecule has 10 nitrogen and oxygen atoms in total. The van der Waals surface area contributed by atoms with Crippen molar-refractivity contribution in [2.45, 2.75) is 37.0 Å². The highest BCUT2D eigenvalue weighted by Crippen LogP contribution is 2.51. The van der Waals surface area contributed by atoms with Crippen LogP contribution >= 0.6 is 0 Å². The van der Waals surface area contributed by atoms with Crippen LogP contribution < -0.4 is 4.18 Å². The lowest BCUT2D eigenvalue weighted by atomic mass is 9.72. The van der Waals surface area contributed by atoms with Crippen LogP contribution in [0.5, 0.6) is 17.2 Å². The van der Waals surface area contributed by atoms with E-state index in [4.69, 9.17) is 0 Å². The summed E-state index contributed by atoms with van der Waals surface area (Å²) in [6.45, 7) is 1.02. The van der Waals surface area contributed by atoms with Crippen LogP contribution in [-0.4, -0.2) is 57.3 Å². The second kappa shape index (κ2) is 7.50. The average Bonchev–Trinajstić information content (AvgIpc) is 2.72. The maximum Gasteiger partial charge on any atom is 0.534 e. The highest BCUT2D eigenvalue weighted by Gasteiger charge is 2.50. The van der Waals surface area contributed by atoms with E-state index in [-0.39, 0.29) is 5.56 Å². The van der Waals surface area contributed by atoms with Gasteiger partial charge in [-0.3, -0.25) is 14.4 Å². The number of carbonyl (C=O) groups excluding carboxylic acids is 3. The second-order valence-corrected chi connectivity index (χ2v) is 9.68. The largest absolute Gasteiger partial charge is 0.534 e. The van der Waals surface area contributed by atoms with Crippen molar-refractivity contribution in [3.05, 3.63) is 51.6 Å². The number of phenols is 2. The molecule has 2 atom stereocenters. The van der Waals surface area contributed by atoms with Crippen molar-refractivity contribution in [2.24, 2.45) is 0 Å². The quantitative estimate of drug-likeness (QED) is 0.226. The molecule has 186 valence electrons. The molecule has 0 bridgehead atoms. The van der Waals surface area contributed by atoms with Gasteiger partial charge in [0, 0.05) is 29.5 Å². The SMILES string of the molecule is CC(=O)[C@]1(O)Cc2c(O)c3c(c(O)c2[C@@H](O)C1)C(=O)c1c(OS(=O)(=O)C(F)(F)F)cccc1C3=O. The van der Waals surface area contributed by atoms with Gasteiger partial charge in [0.15, 0.2) is 17.3 Å². The molecule has 4 N–H and O–H groups in total. The third-order valence-electron chi connectivity index (χ3n) is 6.01. The van der Waals surface area contributed by atoms with Gasteiger partial charge in [-0.25, -0.2) is 0 Å². The van der Waals surface area contributed by atoms with Crippen molar-refractivity contribution in [2.75, 3.05) is 0 Å². The van der Waals surface area contributed by atoms with Gasteiger partial charge in [0.05, 0.1) is 22.8 Å². The summed E-state index contributed by atoms with van der Waals surface area (Å²) in [5, 5.41) is 42.7. The van der Waals surface area contributed by atoms with Gasteiger partial charge >= 0.3 is 15.6 Å². The Labute approximate surface area is 194 Å². The third-order valence-corrected chi connectivity index (χ3v) is 6.98. The van der Waals surface area contributed by atoms with E-state index in [0.717, 1.165) is 19.1 Å². The van der Waals surface area contributed by atoms with Crippen molar-refractivity contribution < 1.29 is 60.6 Å². The molecule has 2 aromatic rings. The molecule has 0 saturated carbocycles. The third kappa shape index (κ3) is 3.47. The zero-order chi connectivity index (χ0) is 26.2. The van der Waals surface area contributed by atoms with Crippen molar-refractivity contribution in [1.82, 2.24) is 0 Å². The monoisotopic (exact) mass is 516 g/mol. The second-order valence-electron chi connectivity index (χ2n) is 8.14. The number of phenolic OH excluding ortho intramolecular Hbond substituents is 2. The summed E-state index contributed by atoms with van der Waals surface area (Å²) in [5.74, 6) is -6.44. The lowest BCUT2D eigenvalue weighted by Crippen LogP contribution is -2.44. The molecule has 0 heterocycles. The predicted octanol–water partition coefficient (Wildman–Crippen LogP) is 1.40. The molecule has 35 heavy (non-hydrogen) atoms. The number of rotatable bonds is 3. The fourth-order valence-corrected chi connectivity index (χ4v) is 4.75. The van der Waals surface area contributed by atoms with Gasteiger partial charge in [0.25, 0.3) is 0 Å². The topological polar surface area (TPSA) is 176 Å². The van der Waals surface area contributed by atoms with Gasteiger partial charge < -0.3 is 24.6 Å². The van der Waals surface area contributed by atoms with Gasteiger partial charge in [-0.05, 0) is 13.0 Å². The summed E-state index contributed by atoms with van der Waals surface area (Å²) >= 11 is 0. The number of aliphatic hydroxyl groups is 2. The summed E-state index contributed by atoms with van der Waals surface area (Å²) < 4.78 is 65.5. The fourth-order valence-electron chi connectivity index (χ4n) is 4.28. The van der Waals surface area contributed by atoms with Crippen LogP contribution in [0.25, 0.3) is 0 Å². The molecule has 2 aromatic carbocycles. The highest BCUT2D eigenvalue weighted by molar-refractivity contribution is 7.88. The average molecular weight is 516 g/mol. The number of carbonyl (C=O) groups is 3. The number of aromatic hydroxyl groups is 2. The maximum absolute atomic E-state index is 13.2. The minimum absolute atomic E-state index is 0.380. The zero-order valence-corrected chi connectivity index (χ0v) is 18.3. The number of Topliss-reactive ketones (excluding diaryl/α,β-unsaturated/α-hetero) is 1. The number of aliphatic hydroxyl groups excluding tert-OH is 1. The van der Waals surface area contributed by atoms with Crippen LogP contribution in [0.1, 0.15) is 62.4 Å². The summed E-state index contributed by atoms with van der Waals surface area (Å²) in [4.78, 5) is 38.3. The smallest absolute Gasteiger partial charge is 0.507 e. The molecule has 0 saturated heterocycles. The zero-order valence-electron chi connectivity index (χ0n) is 17.5. The summed E-state index contributed by atoms with van der Waals surface area (Å²) in [7, 11) is -6.24. The first kappa shape index (κ1) is 24.6. The minimum Gasteiger partial charge on any atom is -0.507 e. The molecule has 14 heteroatoms. The van der Waals surface area contributed by atoms with Gasteiger partial charge in [0.1, 0.15) is 17.1 Å². The van der Waals surface area contributed by atoms with Crippen molar-refractivity contribution in [1.29, 1.82) is 0 Å². The molecule has 0 fully saturated rings. The van der Waals surface area contributed by atoms with Crippen LogP contribution in [0.2, 0.25) is 0 Å². The Bertz CT molecular complexity index is 1440. The van der Waals surface area contributed by atoms with E-state index in [1.807, 2.05) is 0 Å². The Morgan fingerprint density at radius 1 is 1.09 bits per heavy atom. The normalized spacial score (nSPS) is 21.7. The number of halogens is 3. The van der Waals surface area contributed by atoms with E-state index in [1.54, 1.807) is 0 Å². The molecule has 0 spiro atoms. The molecule has 0 aromatic heterocycles. The minimum atomic E-state index is -6.24. The van der Waals surface area contributed by atoms with Gasteiger partial charge in [0.2, 0.25) is 5.78 Å². The van der Waals surface area contributed by atoms with Gasteiger partial charge in [-0.1, -0.05) is 12.1 Å². The molecular formula is C21H15F3O10S. The number of benzene rings is 2. The summed E-state index contributed by atoms with van der Waals surface area (Å²) in [6, 6.07) is 2.58. The fraction of sp³-hybridized carbons (Fsp3) is 0.286. The predicted molar refractivity (Wildman–Crippen MR) is 108 cm³/mol. The number of hydrogen-bond acceptors (Lipinski definition) is 10. The Kier molecular flexibility index (Phi) is 5.28. The standard InChI is InChI=1S/C21H15F3O10S/c1-7(25)20(31)5-9-12(10(26)6-20)18(29)15-14(17(9)28)16(27)8-3-2-4-11(13(8)19(15)30)34-35(32,33)21(22,23)24/h2-4,10,26,28-29,31H,5-6H2,1H3/t10-,20-/m0/s1. The Morgan fingerprint density at radius 2 is 1.69 bits per heavy atom. The number of hydrogen-bond donors (Lipinski definition) is 4. The molecule has 2 aliphatic rings. The molecule has 0 aliphatic heterocycles. The van der Waals surface area contributed by atoms with Crippen molar-refractivity contribution in [3.63, 3.8) is 0 Å². The highest BCUT2D eigenvalue weighted by atomic mass is 32.2. The molecule has 0 unspecified atom stereocenters. The van der Waals surface area contributed by atoms with E-state index >= 15 is 0 Å². The Morgan fingerprint density at radius 3 is 2.26 bits per heavy atom. The Balaban J connectivity index is 1.96. The number of fused-ring (bicyclic) bond motifs is 3. The van der Waals surface area contributed by atoms with E-state index in [2.05, 4.69) is 4.18 Å². The molecule has 0 amide bonds. The van der Waals surface area contributed by atoms with Crippen LogP contribution in [0.4, 0.5) is 13.2 Å². The number of ketones is 3. The molecule has 2 aliphatic carbocycles. The van der Waals surface area contributed by atoms with Crippen molar-refractivity contribution in [3.8, 4) is 17.2 Å². The van der Waals surface area contributed by atoms with Crippen LogP contribution in [-0.2, 0) is 21.3 Å². The maximum atomic E-state index is 13.2. The lowest BCUT2D eigenvalue weighted by Gasteiger charge is -2.36. The van der Waals surface area contributed by atoms with Gasteiger partial charge in [-0.15, -0.1) is 0 Å². The van der Waals surface area contributed by atoms with E-state index in [9.17, 15) is 56.4 Å². The van der Waals surface area contributed by atoms with Crippen LogP contribution in [0.3, 0.4) is 0 Å². The lowest BCUT2D eigenvalue weighted by molar-refractivity contribution is -0.139. The van der Waals surface area contributed by atoms with E-state index < -0.39 is 103 Å².